The predicted molar refractivity (Wildman–Crippen MR) is 226 cm³/mol. The van der Waals surface area contributed by atoms with E-state index in [-0.39, 0.29) is 11.3 Å². The lowest BCUT2D eigenvalue weighted by Gasteiger charge is -2.14. The van der Waals surface area contributed by atoms with Crippen LogP contribution in [0.25, 0.3) is 11.1 Å². The highest BCUT2D eigenvalue weighted by Crippen LogP contribution is 2.41. The maximum Gasteiger partial charge on any atom is 0.347 e. The van der Waals surface area contributed by atoms with Crippen molar-refractivity contribution in [2.24, 2.45) is 0 Å². The molecule has 0 amide bonds. The van der Waals surface area contributed by atoms with Gasteiger partial charge in [0.15, 0.2) is 34.5 Å². The Bertz CT molecular complexity index is 2390. The van der Waals surface area contributed by atoms with Crippen molar-refractivity contribution >= 4 is 25.5 Å². The summed E-state index contributed by atoms with van der Waals surface area (Å²) < 4.78 is 55.5. The number of carbonyl (C=O) groups is 4. The Morgan fingerprint density at radius 2 is 0.754 bits per heavy atom. The fourth-order valence-electron chi connectivity index (χ4n) is 5.75. The lowest BCUT2D eigenvalue weighted by molar-refractivity contribution is -0.0987. The number of carbonyl (C=O) groups excluding carboxylic acids is 4. The van der Waals surface area contributed by atoms with E-state index < -0.39 is 11.9 Å². The van der Waals surface area contributed by atoms with E-state index >= 15 is 0 Å². The smallest absolute Gasteiger partial charge is 0.347 e. The van der Waals surface area contributed by atoms with E-state index in [2.05, 4.69) is 0 Å². The molecule has 0 aliphatic heterocycles. The molecule has 0 fully saturated rings. The summed E-state index contributed by atoms with van der Waals surface area (Å²) in [5.41, 5.74) is 3.31. The van der Waals surface area contributed by atoms with Crippen molar-refractivity contribution in [1.82, 2.24) is 0 Å². The lowest BCUT2D eigenvalue weighted by Crippen LogP contribution is -2.11. The summed E-state index contributed by atoms with van der Waals surface area (Å²) in [4.78, 5) is 41.9. The second-order valence-electron chi connectivity index (χ2n) is 12.2. The van der Waals surface area contributed by atoms with E-state index in [1.54, 1.807) is 78.9 Å². The van der Waals surface area contributed by atoms with Crippen LogP contribution in [-0.4, -0.2) is 68.2 Å². The summed E-state index contributed by atoms with van der Waals surface area (Å²) in [7, 11) is 9.03. The van der Waals surface area contributed by atoms with E-state index in [0.29, 0.717) is 68.8 Å². The molecule has 6 rings (SSSR count). The molecule has 0 unspecified atom stereocenters. The molecule has 6 aromatic carbocycles. The molecule has 0 radical (unpaired) electrons. The van der Waals surface area contributed by atoms with Crippen molar-refractivity contribution in [1.29, 1.82) is 0 Å². The van der Waals surface area contributed by atoms with Crippen LogP contribution in [-0.2, 0) is 9.59 Å². The molecule has 0 spiro atoms. The Morgan fingerprint density at radius 1 is 0.377 bits per heavy atom. The fourth-order valence-corrected chi connectivity index (χ4v) is 5.75. The van der Waals surface area contributed by atoms with Crippen molar-refractivity contribution in [3.8, 4) is 80.1 Å². The molecule has 0 heterocycles. The third kappa shape index (κ3) is 11.4. The summed E-state index contributed by atoms with van der Waals surface area (Å²) >= 11 is 0. The first-order chi connectivity index (χ1) is 29.7. The second-order valence-corrected chi connectivity index (χ2v) is 12.2. The Balaban J connectivity index is 0.00000199. The van der Waals surface area contributed by atoms with Gasteiger partial charge in [-0.15, -0.1) is 0 Å². The number of methoxy groups -OCH3 is 6. The average Bonchev–Trinajstić information content (AvgIpc) is 3.31. The van der Waals surface area contributed by atoms with E-state index in [0.717, 1.165) is 16.7 Å². The molecule has 0 saturated carbocycles. The maximum atomic E-state index is 13.0. The van der Waals surface area contributed by atoms with Gasteiger partial charge in [-0.25, -0.2) is 9.59 Å². The number of aryl methyl sites for hydroxylation is 1. The highest BCUT2D eigenvalue weighted by molar-refractivity contribution is 5.95. The quantitative estimate of drug-likeness (QED) is 0.0711. The first-order valence-corrected chi connectivity index (χ1v) is 18.1. The van der Waals surface area contributed by atoms with Gasteiger partial charge in [0, 0.05) is 24.3 Å². The third-order valence-electron chi connectivity index (χ3n) is 8.75. The maximum absolute atomic E-state index is 13.0. The monoisotopic (exact) mass is 832 g/mol. The fraction of sp³-hybridized carbons (Fsp3) is 0.149. The van der Waals surface area contributed by atoms with Gasteiger partial charge in [-0.2, -0.15) is 0 Å². The Labute approximate surface area is 353 Å². The average molecular weight is 833 g/mol. The first kappa shape index (κ1) is 45.7. The van der Waals surface area contributed by atoms with E-state index in [9.17, 15) is 9.59 Å². The van der Waals surface area contributed by atoms with Gasteiger partial charge in [0.1, 0.15) is 53.6 Å². The normalized spacial score (nSPS) is 9.95. The molecule has 14 heteroatoms. The van der Waals surface area contributed by atoms with E-state index in [1.807, 2.05) is 50.8 Å². The van der Waals surface area contributed by atoms with Crippen LogP contribution in [0.3, 0.4) is 0 Å². The zero-order valence-electron chi connectivity index (χ0n) is 34.6. The van der Waals surface area contributed by atoms with Crippen molar-refractivity contribution in [2.75, 3.05) is 42.7 Å². The topological polar surface area (TPSA) is 161 Å². The summed E-state index contributed by atoms with van der Waals surface area (Å²) in [5, 5.41) is 0. The van der Waals surface area contributed by atoms with Gasteiger partial charge in [-0.05, 0) is 96.4 Å². The van der Waals surface area contributed by atoms with Crippen LogP contribution in [0.2, 0.25) is 0 Å². The lowest BCUT2D eigenvalue weighted by atomic mass is 10.0. The molecule has 0 N–H and O–H groups in total. The summed E-state index contributed by atoms with van der Waals surface area (Å²) in [5.74, 6) is 4.23. The van der Waals surface area contributed by atoms with Crippen LogP contribution >= 0.6 is 0 Å². The molecule has 61 heavy (non-hydrogen) atoms. The van der Waals surface area contributed by atoms with Crippen molar-refractivity contribution in [2.45, 2.75) is 6.92 Å². The van der Waals surface area contributed by atoms with Crippen LogP contribution in [0.15, 0.2) is 115 Å². The molecule has 0 aliphatic carbocycles. The van der Waals surface area contributed by atoms with Gasteiger partial charge in [-0.1, -0.05) is 18.2 Å². The molecule has 0 saturated heterocycles. The van der Waals surface area contributed by atoms with E-state index in [1.165, 1.54) is 48.7 Å². The zero-order chi connectivity index (χ0) is 44.5. The Hall–Kier alpha value is -8.00. The van der Waals surface area contributed by atoms with Crippen LogP contribution in [0.5, 0.6) is 69.0 Å². The highest BCUT2D eigenvalue weighted by atomic mass is 16.5. The molecule has 0 bridgehead atoms. The highest BCUT2D eigenvalue weighted by Gasteiger charge is 2.20. The first-order valence-electron chi connectivity index (χ1n) is 18.1. The van der Waals surface area contributed by atoms with Gasteiger partial charge in [0.25, 0.3) is 0 Å². The van der Waals surface area contributed by atoms with Crippen molar-refractivity contribution in [3.05, 3.63) is 132 Å². The number of ether oxygens (including phenoxy) is 10. The number of hydrogen-bond donors (Lipinski definition) is 0. The summed E-state index contributed by atoms with van der Waals surface area (Å²) in [6, 6.07) is 32.7. The van der Waals surface area contributed by atoms with Gasteiger partial charge in [0.2, 0.25) is 0 Å². The standard InChI is InChI=1S/C45H40O12.2CH2O/c1-27-22-30(12-21-36(27)54-32-17-19-34(20-18-32)57-45(47)35-23-38(49-3)39(50-4)24-37(35)48-2)28-8-13-33(14-9-28)56-44(46)29-10-15-31(16-11-29)55-43-26-41(52-6)40(51-5)25-42(43)53-7;2*1-2/h8-26H,1-7H3;2*1H2. The number of benzene rings is 6. The molecule has 316 valence electrons. The number of hydrogen-bond acceptors (Lipinski definition) is 14. The van der Waals surface area contributed by atoms with Crippen molar-refractivity contribution in [3.63, 3.8) is 0 Å². The number of rotatable bonds is 15. The minimum Gasteiger partial charge on any atom is -0.496 e. The molecule has 14 nitrogen and oxygen atoms in total. The molecule has 0 aromatic heterocycles. The van der Waals surface area contributed by atoms with Gasteiger partial charge < -0.3 is 57.0 Å². The predicted octanol–water partition coefficient (Wildman–Crippen LogP) is 9.37. The van der Waals surface area contributed by atoms with Crippen LogP contribution in [0.4, 0.5) is 0 Å². The third-order valence-corrected chi connectivity index (χ3v) is 8.75. The molecular formula is C47H44O14. The van der Waals surface area contributed by atoms with Crippen molar-refractivity contribution < 1.29 is 66.5 Å². The molecule has 0 atom stereocenters. The van der Waals surface area contributed by atoms with Gasteiger partial charge in [0.05, 0.1) is 48.2 Å². The van der Waals surface area contributed by atoms with Gasteiger partial charge in [-0.3, -0.25) is 0 Å². The molecule has 6 aromatic rings. The van der Waals surface area contributed by atoms with Crippen LogP contribution < -0.4 is 47.4 Å². The minimum atomic E-state index is -0.620. The minimum absolute atomic E-state index is 0.186. The van der Waals surface area contributed by atoms with Gasteiger partial charge >= 0.3 is 11.9 Å². The van der Waals surface area contributed by atoms with Crippen LogP contribution in [0.1, 0.15) is 26.3 Å². The zero-order valence-corrected chi connectivity index (χ0v) is 34.6. The summed E-state index contributed by atoms with van der Waals surface area (Å²) in [6.45, 7) is 5.95. The number of esters is 2. The van der Waals surface area contributed by atoms with E-state index in [4.69, 9.17) is 57.0 Å². The molecule has 0 aliphatic rings. The molecular weight excluding hydrogens is 789 g/mol. The summed E-state index contributed by atoms with van der Waals surface area (Å²) in [6.07, 6.45) is 0. The largest absolute Gasteiger partial charge is 0.496 e. The Kier molecular flexibility index (Phi) is 16.7. The second kappa shape index (κ2) is 22.2. The van der Waals surface area contributed by atoms with Crippen LogP contribution in [0, 0.1) is 6.92 Å². The SMILES string of the molecule is C=O.C=O.COc1cc(OC)c(Oc2ccc(C(=O)Oc3ccc(-c4ccc(Oc5ccc(OC(=O)c6cc(OC)c(OC)cc6OC)cc5)c(C)c4)cc3)cc2)cc1OC. The Morgan fingerprint density at radius 3 is 1.26 bits per heavy atom.